The number of nitrogens with one attached hydrogen (secondary N) is 2. The van der Waals surface area contributed by atoms with Gasteiger partial charge in [0.1, 0.15) is 0 Å². The third-order valence-electron chi connectivity index (χ3n) is 2.85. The number of rotatable bonds is 8. The SMILES string of the molecule is O=[N+]([O-])c1ccc(NCCCNCc2cccnc2)cn1. The van der Waals surface area contributed by atoms with E-state index in [0.29, 0.717) is 0 Å². The van der Waals surface area contributed by atoms with Crippen LogP contribution < -0.4 is 10.6 Å². The number of pyridine rings is 2. The van der Waals surface area contributed by atoms with Crippen LogP contribution >= 0.6 is 0 Å². The summed E-state index contributed by atoms with van der Waals surface area (Å²) in [6.45, 7) is 2.45. The molecule has 0 aliphatic heterocycles. The maximum absolute atomic E-state index is 10.5. The minimum absolute atomic E-state index is 0.140. The van der Waals surface area contributed by atoms with Crippen LogP contribution in [0.2, 0.25) is 0 Å². The molecule has 0 amide bonds. The van der Waals surface area contributed by atoms with Crippen LogP contribution in [0.1, 0.15) is 12.0 Å². The van der Waals surface area contributed by atoms with E-state index in [0.717, 1.165) is 37.3 Å². The fourth-order valence-corrected chi connectivity index (χ4v) is 1.78. The second-order valence-electron chi connectivity index (χ2n) is 4.48. The van der Waals surface area contributed by atoms with Gasteiger partial charge in [-0.3, -0.25) is 4.98 Å². The van der Waals surface area contributed by atoms with Crippen LogP contribution in [0.15, 0.2) is 42.9 Å². The molecule has 0 aromatic carbocycles. The first kappa shape index (κ1) is 14.9. The first-order chi connectivity index (χ1) is 10.3. The molecule has 2 heterocycles. The molecule has 2 N–H and O–H groups in total. The summed E-state index contributed by atoms with van der Waals surface area (Å²) >= 11 is 0. The van der Waals surface area contributed by atoms with Crippen molar-refractivity contribution < 1.29 is 4.92 Å². The lowest BCUT2D eigenvalue weighted by molar-refractivity contribution is -0.389. The van der Waals surface area contributed by atoms with E-state index in [-0.39, 0.29) is 5.82 Å². The highest BCUT2D eigenvalue weighted by Crippen LogP contribution is 2.10. The number of anilines is 1. The van der Waals surface area contributed by atoms with Crippen LogP contribution in [0.5, 0.6) is 0 Å². The van der Waals surface area contributed by atoms with Gasteiger partial charge in [0.15, 0.2) is 6.20 Å². The van der Waals surface area contributed by atoms with E-state index in [1.165, 1.54) is 12.3 Å². The molecule has 2 rings (SSSR count). The molecule has 0 saturated carbocycles. The van der Waals surface area contributed by atoms with Crippen molar-refractivity contribution in [1.29, 1.82) is 0 Å². The molecule has 0 radical (unpaired) electrons. The molecule has 0 aliphatic rings. The van der Waals surface area contributed by atoms with Crippen LogP contribution in [0.25, 0.3) is 0 Å². The van der Waals surface area contributed by atoms with Crippen molar-refractivity contribution in [2.75, 3.05) is 18.4 Å². The van der Waals surface area contributed by atoms with E-state index >= 15 is 0 Å². The summed E-state index contributed by atoms with van der Waals surface area (Å²) in [7, 11) is 0. The Labute approximate surface area is 122 Å². The lowest BCUT2D eigenvalue weighted by Crippen LogP contribution is -2.17. The molecule has 0 aliphatic carbocycles. The Morgan fingerprint density at radius 1 is 1.19 bits per heavy atom. The maximum atomic E-state index is 10.5. The van der Waals surface area contributed by atoms with Crippen molar-refractivity contribution >= 4 is 11.5 Å². The predicted octanol–water partition coefficient (Wildman–Crippen LogP) is 1.98. The average molecular weight is 287 g/mol. The third-order valence-corrected chi connectivity index (χ3v) is 2.85. The summed E-state index contributed by atoms with van der Waals surface area (Å²) in [5.41, 5.74) is 1.94. The zero-order valence-corrected chi connectivity index (χ0v) is 11.5. The average Bonchev–Trinajstić information content (AvgIpc) is 2.52. The lowest BCUT2D eigenvalue weighted by atomic mass is 10.3. The Bertz CT molecular complexity index is 559. The quantitative estimate of drug-likeness (QED) is 0.438. The second kappa shape index (κ2) is 7.91. The topological polar surface area (TPSA) is 93.0 Å². The van der Waals surface area contributed by atoms with E-state index in [9.17, 15) is 10.1 Å². The van der Waals surface area contributed by atoms with Crippen LogP contribution in [0.3, 0.4) is 0 Å². The Hall–Kier alpha value is -2.54. The molecule has 0 fully saturated rings. The summed E-state index contributed by atoms with van der Waals surface area (Å²) in [6, 6.07) is 7.00. The predicted molar refractivity (Wildman–Crippen MR) is 79.9 cm³/mol. The molecule has 0 saturated heterocycles. The molecule has 7 nitrogen and oxygen atoms in total. The summed E-state index contributed by atoms with van der Waals surface area (Å²) in [5.74, 6) is -0.140. The van der Waals surface area contributed by atoms with Gasteiger partial charge < -0.3 is 20.7 Å². The summed E-state index contributed by atoms with van der Waals surface area (Å²) in [4.78, 5) is 17.8. The summed E-state index contributed by atoms with van der Waals surface area (Å²) < 4.78 is 0. The highest BCUT2D eigenvalue weighted by molar-refractivity contribution is 5.43. The van der Waals surface area contributed by atoms with Crippen molar-refractivity contribution in [3.05, 3.63) is 58.5 Å². The number of aromatic nitrogens is 2. The monoisotopic (exact) mass is 287 g/mol. The van der Waals surface area contributed by atoms with Crippen molar-refractivity contribution in [1.82, 2.24) is 15.3 Å². The van der Waals surface area contributed by atoms with E-state index < -0.39 is 4.92 Å². The number of nitro groups is 1. The van der Waals surface area contributed by atoms with Gasteiger partial charge in [0.05, 0.1) is 5.69 Å². The van der Waals surface area contributed by atoms with Gasteiger partial charge in [-0.2, -0.15) is 0 Å². The van der Waals surface area contributed by atoms with Crippen molar-refractivity contribution in [2.45, 2.75) is 13.0 Å². The molecule has 0 atom stereocenters. The smallest absolute Gasteiger partial charge is 0.363 e. The molecule has 0 bridgehead atoms. The zero-order chi connectivity index (χ0) is 14.9. The van der Waals surface area contributed by atoms with E-state index in [1.807, 2.05) is 18.3 Å². The van der Waals surface area contributed by atoms with Crippen molar-refractivity contribution in [3.8, 4) is 0 Å². The molecule has 21 heavy (non-hydrogen) atoms. The van der Waals surface area contributed by atoms with Crippen LogP contribution in [-0.4, -0.2) is 28.0 Å². The van der Waals surface area contributed by atoms with Gasteiger partial charge in [-0.25, -0.2) is 0 Å². The standard InChI is InChI=1S/C14H17N5O2/c20-19(21)14-5-4-13(11-18-14)17-8-2-7-16-10-12-3-1-6-15-9-12/h1,3-6,9,11,16-17H,2,7-8,10H2. The van der Waals surface area contributed by atoms with E-state index in [2.05, 4.69) is 20.6 Å². The van der Waals surface area contributed by atoms with Gasteiger partial charge in [0.2, 0.25) is 0 Å². The highest BCUT2D eigenvalue weighted by Gasteiger charge is 2.05. The number of nitrogens with zero attached hydrogens (tertiary/aromatic N) is 3. The van der Waals surface area contributed by atoms with Gasteiger partial charge >= 0.3 is 5.82 Å². The summed E-state index contributed by atoms with van der Waals surface area (Å²) in [5, 5.41) is 17.0. The lowest BCUT2D eigenvalue weighted by Gasteiger charge is -2.06. The Morgan fingerprint density at radius 2 is 2.10 bits per heavy atom. The fraction of sp³-hybridized carbons (Fsp3) is 0.286. The van der Waals surface area contributed by atoms with Crippen LogP contribution in [0, 0.1) is 10.1 Å². The molecule has 7 heteroatoms. The second-order valence-corrected chi connectivity index (χ2v) is 4.48. The normalized spacial score (nSPS) is 10.3. The minimum atomic E-state index is -0.508. The zero-order valence-electron chi connectivity index (χ0n) is 11.5. The highest BCUT2D eigenvalue weighted by atomic mass is 16.6. The molecular formula is C14H17N5O2. The number of hydrogen-bond acceptors (Lipinski definition) is 6. The Morgan fingerprint density at radius 3 is 2.76 bits per heavy atom. The van der Waals surface area contributed by atoms with Crippen molar-refractivity contribution in [3.63, 3.8) is 0 Å². The van der Waals surface area contributed by atoms with Gasteiger partial charge in [0.25, 0.3) is 0 Å². The van der Waals surface area contributed by atoms with Gasteiger partial charge in [-0.05, 0) is 40.6 Å². The molecule has 0 unspecified atom stereocenters. The third kappa shape index (κ3) is 5.15. The molecule has 110 valence electrons. The molecule has 2 aromatic heterocycles. The number of hydrogen-bond donors (Lipinski definition) is 2. The minimum Gasteiger partial charge on any atom is -0.382 e. The molecule has 2 aromatic rings. The van der Waals surface area contributed by atoms with Gasteiger partial charge in [-0.1, -0.05) is 6.07 Å². The largest absolute Gasteiger partial charge is 0.382 e. The molecule has 0 spiro atoms. The van der Waals surface area contributed by atoms with Crippen LogP contribution in [-0.2, 0) is 6.54 Å². The van der Waals surface area contributed by atoms with Crippen molar-refractivity contribution in [2.24, 2.45) is 0 Å². The fourth-order valence-electron chi connectivity index (χ4n) is 1.78. The maximum Gasteiger partial charge on any atom is 0.363 e. The van der Waals surface area contributed by atoms with Gasteiger partial charge in [-0.15, -0.1) is 0 Å². The Balaban J connectivity index is 1.60. The summed E-state index contributed by atoms with van der Waals surface area (Å²) in [6.07, 6.45) is 6.01. The van der Waals surface area contributed by atoms with E-state index in [1.54, 1.807) is 12.3 Å². The first-order valence-corrected chi connectivity index (χ1v) is 6.69. The van der Waals surface area contributed by atoms with Crippen LogP contribution in [0.4, 0.5) is 11.5 Å². The van der Waals surface area contributed by atoms with Gasteiger partial charge in [0, 0.05) is 31.5 Å². The first-order valence-electron chi connectivity index (χ1n) is 6.69. The Kier molecular flexibility index (Phi) is 5.60. The molecular weight excluding hydrogens is 270 g/mol. The van der Waals surface area contributed by atoms with E-state index in [4.69, 9.17) is 0 Å².